The Morgan fingerprint density at radius 1 is 1.38 bits per heavy atom. The van der Waals surface area contributed by atoms with Crippen LogP contribution >= 0.6 is 11.3 Å². The molecule has 2 atom stereocenters. The van der Waals surface area contributed by atoms with E-state index in [-0.39, 0.29) is 10.5 Å². The molecule has 6 nitrogen and oxygen atoms in total. The molecule has 0 bridgehead atoms. The van der Waals surface area contributed by atoms with Crippen molar-refractivity contribution in [2.24, 2.45) is 5.18 Å². The molecule has 140 valence electrons. The first-order valence-corrected chi connectivity index (χ1v) is 10.2. The monoisotopic (exact) mass is 402 g/mol. The first-order chi connectivity index (χ1) is 12.3. The fourth-order valence-electron chi connectivity index (χ4n) is 2.98. The topological polar surface area (TPSA) is 95.8 Å². The lowest BCUT2D eigenvalue weighted by Crippen LogP contribution is -2.29. The van der Waals surface area contributed by atoms with E-state index in [4.69, 9.17) is 0 Å². The molecule has 2 unspecified atom stereocenters. The van der Waals surface area contributed by atoms with Crippen molar-refractivity contribution in [3.05, 3.63) is 56.1 Å². The van der Waals surface area contributed by atoms with E-state index in [1.165, 1.54) is 16.7 Å². The summed E-state index contributed by atoms with van der Waals surface area (Å²) < 4.78 is 54.0. The molecule has 0 saturated heterocycles. The summed E-state index contributed by atoms with van der Waals surface area (Å²) in [5.74, 6) is -1.74. The van der Waals surface area contributed by atoms with Crippen molar-refractivity contribution in [1.29, 1.82) is 0 Å². The maximum Gasteiger partial charge on any atom is 0.241 e. The normalized spacial score (nSPS) is 18.3. The number of thiophene rings is 1. The van der Waals surface area contributed by atoms with Gasteiger partial charge in [0.1, 0.15) is 17.7 Å². The standard InChI is InChI=1S/C16H16F2N2O4S2/c17-9-4-5-10(12(18)6-9)14(21)7-19-26(23,24)15-8-25-16-11(15)2-1-3-13(16)20-22/h4-6,8,13-14,19,21H,1-3,7H2. The number of nitrogens with zero attached hydrogens (tertiary/aromatic N) is 1. The van der Waals surface area contributed by atoms with Crippen molar-refractivity contribution in [3.63, 3.8) is 0 Å². The molecule has 3 rings (SSSR count). The molecule has 1 aliphatic rings. The predicted octanol–water partition coefficient (Wildman–Crippen LogP) is 3.18. The van der Waals surface area contributed by atoms with E-state index in [2.05, 4.69) is 9.90 Å². The number of benzene rings is 1. The number of hydrogen-bond donors (Lipinski definition) is 2. The number of hydrogen-bond acceptors (Lipinski definition) is 6. The Hall–Kier alpha value is -1.75. The van der Waals surface area contributed by atoms with Crippen LogP contribution in [0.15, 0.2) is 33.7 Å². The summed E-state index contributed by atoms with van der Waals surface area (Å²) in [5.41, 5.74) is 0.368. The molecule has 2 N–H and O–H groups in total. The Morgan fingerprint density at radius 2 is 2.15 bits per heavy atom. The number of nitroso groups, excluding NO2 is 1. The highest BCUT2D eigenvalue weighted by Crippen LogP contribution is 2.40. The van der Waals surface area contributed by atoms with Crippen LogP contribution in [-0.2, 0) is 16.4 Å². The van der Waals surface area contributed by atoms with Crippen molar-refractivity contribution in [3.8, 4) is 0 Å². The molecule has 0 saturated carbocycles. The van der Waals surface area contributed by atoms with Crippen molar-refractivity contribution >= 4 is 21.4 Å². The van der Waals surface area contributed by atoms with Crippen LogP contribution in [0.1, 0.15) is 41.0 Å². The van der Waals surface area contributed by atoms with Crippen LogP contribution in [0.3, 0.4) is 0 Å². The van der Waals surface area contributed by atoms with Crippen LogP contribution in [0, 0.1) is 16.5 Å². The number of fused-ring (bicyclic) bond motifs is 1. The molecule has 0 fully saturated rings. The van der Waals surface area contributed by atoms with E-state index < -0.39 is 40.3 Å². The molecular weight excluding hydrogens is 386 g/mol. The van der Waals surface area contributed by atoms with Crippen molar-refractivity contribution < 1.29 is 22.3 Å². The van der Waals surface area contributed by atoms with Gasteiger partial charge in [0.05, 0.1) is 11.0 Å². The Labute approximate surface area is 152 Å². The SMILES string of the molecule is O=NC1CCCc2c(S(=O)(=O)NCC(O)c3ccc(F)cc3F)csc21. The lowest BCUT2D eigenvalue weighted by molar-refractivity contribution is 0.177. The first kappa shape index (κ1) is 19.0. The molecule has 1 aliphatic carbocycles. The van der Waals surface area contributed by atoms with Gasteiger partial charge in [0, 0.05) is 28.4 Å². The summed E-state index contributed by atoms with van der Waals surface area (Å²) in [6.45, 7) is -0.467. The van der Waals surface area contributed by atoms with Gasteiger partial charge >= 0.3 is 0 Å². The van der Waals surface area contributed by atoms with Crippen LogP contribution in [0.25, 0.3) is 0 Å². The number of nitrogens with one attached hydrogen (secondary N) is 1. The van der Waals surface area contributed by atoms with E-state index in [1.807, 2.05) is 0 Å². The van der Waals surface area contributed by atoms with Gasteiger partial charge in [-0.15, -0.1) is 11.3 Å². The highest BCUT2D eigenvalue weighted by Gasteiger charge is 2.30. The zero-order chi connectivity index (χ0) is 18.9. The average Bonchev–Trinajstić information content (AvgIpc) is 3.04. The van der Waals surface area contributed by atoms with Crippen LogP contribution in [0.4, 0.5) is 8.78 Å². The highest BCUT2D eigenvalue weighted by atomic mass is 32.2. The predicted molar refractivity (Wildman–Crippen MR) is 92.3 cm³/mol. The third kappa shape index (κ3) is 3.68. The molecule has 1 aromatic heterocycles. The number of rotatable bonds is 6. The smallest absolute Gasteiger partial charge is 0.241 e. The molecule has 0 amide bonds. The fraction of sp³-hybridized carbons (Fsp3) is 0.375. The van der Waals surface area contributed by atoms with Gasteiger partial charge in [0.15, 0.2) is 0 Å². The molecule has 0 radical (unpaired) electrons. The Balaban J connectivity index is 1.78. The second-order valence-electron chi connectivity index (χ2n) is 5.99. The minimum Gasteiger partial charge on any atom is -0.387 e. The number of aliphatic hydroxyl groups excluding tert-OH is 1. The lowest BCUT2D eigenvalue weighted by Gasteiger charge is -2.18. The van der Waals surface area contributed by atoms with Crippen molar-refractivity contribution in [2.75, 3.05) is 6.54 Å². The van der Waals surface area contributed by atoms with Gasteiger partial charge in [-0.05, 0) is 30.9 Å². The van der Waals surface area contributed by atoms with Crippen molar-refractivity contribution in [1.82, 2.24) is 4.72 Å². The van der Waals surface area contributed by atoms with Gasteiger partial charge in [0.2, 0.25) is 10.0 Å². The van der Waals surface area contributed by atoms with Gasteiger partial charge in [-0.2, -0.15) is 4.91 Å². The van der Waals surface area contributed by atoms with E-state index in [9.17, 15) is 27.2 Å². The quantitative estimate of drug-likeness (QED) is 0.726. The van der Waals surface area contributed by atoms with Crippen LogP contribution in [-0.4, -0.2) is 20.1 Å². The zero-order valence-corrected chi connectivity index (χ0v) is 15.1. The Kier molecular flexibility index (Phi) is 5.47. The number of halogens is 2. The maximum absolute atomic E-state index is 13.7. The summed E-state index contributed by atoms with van der Waals surface area (Å²) in [6.07, 6.45) is 0.304. The van der Waals surface area contributed by atoms with Crippen LogP contribution in [0.5, 0.6) is 0 Å². The second kappa shape index (κ2) is 7.47. The Morgan fingerprint density at radius 3 is 2.85 bits per heavy atom. The molecule has 0 aliphatic heterocycles. The van der Waals surface area contributed by atoms with Gasteiger partial charge in [0.25, 0.3) is 0 Å². The molecular formula is C16H16F2N2O4S2. The molecule has 2 aromatic rings. The van der Waals surface area contributed by atoms with Crippen LogP contribution in [0.2, 0.25) is 0 Å². The molecule has 26 heavy (non-hydrogen) atoms. The van der Waals surface area contributed by atoms with E-state index >= 15 is 0 Å². The molecule has 0 spiro atoms. The molecule has 1 aromatic carbocycles. The summed E-state index contributed by atoms with van der Waals surface area (Å²) in [4.78, 5) is 11.6. The largest absolute Gasteiger partial charge is 0.387 e. The Bertz CT molecular complexity index is 930. The third-order valence-electron chi connectivity index (χ3n) is 4.30. The van der Waals surface area contributed by atoms with Gasteiger partial charge in [-0.3, -0.25) is 0 Å². The third-order valence-corrected chi connectivity index (χ3v) is 7.06. The molecule has 10 heteroatoms. The minimum absolute atomic E-state index is 0.0534. The average molecular weight is 402 g/mol. The maximum atomic E-state index is 13.7. The van der Waals surface area contributed by atoms with Gasteiger partial charge in [-0.25, -0.2) is 21.9 Å². The zero-order valence-electron chi connectivity index (χ0n) is 13.5. The summed E-state index contributed by atoms with van der Waals surface area (Å²) in [6, 6.07) is 2.13. The van der Waals surface area contributed by atoms with Crippen molar-refractivity contribution in [2.45, 2.75) is 36.3 Å². The van der Waals surface area contributed by atoms with E-state index in [0.29, 0.717) is 35.8 Å². The minimum atomic E-state index is -3.95. The van der Waals surface area contributed by atoms with Gasteiger partial charge in [-0.1, -0.05) is 11.2 Å². The lowest BCUT2D eigenvalue weighted by atomic mass is 9.96. The number of sulfonamides is 1. The number of aliphatic hydroxyl groups is 1. The fourth-order valence-corrected chi connectivity index (χ4v) is 5.82. The van der Waals surface area contributed by atoms with E-state index in [0.717, 1.165) is 12.1 Å². The molecule has 1 heterocycles. The first-order valence-electron chi connectivity index (χ1n) is 7.89. The van der Waals surface area contributed by atoms with Gasteiger partial charge < -0.3 is 5.11 Å². The summed E-state index contributed by atoms with van der Waals surface area (Å²) >= 11 is 1.17. The summed E-state index contributed by atoms with van der Waals surface area (Å²) in [7, 11) is -3.95. The van der Waals surface area contributed by atoms with Crippen LogP contribution < -0.4 is 4.72 Å². The second-order valence-corrected chi connectivity index (χ2v) is 8.64. The van der Waals surface area contributed by atoms with E-state index in [1.54, 1.807) is 0 Å². The summed E-state index contributed by atoms with van der Waals surface area (Å²) in [5, 5.41) is 14.5. The highest BCUT2D eigenvalue weighted by molar-refractivity contribution is 7.89.